The molecular formula is C9H12BrN3O. The van der Waals surface area contributed by atoms with E-state index >= 15 is 0 Å². The topological polar surface area (TPSA) is 49.0 Å². The van der Waals surface area contributed by atoms with E-state index < -0.39 is 0 Å². The van der Waals surface area contributed by atoms with Crippen molar-refractivity contribution in [2.24, 2.45) is 0 Å². The third-order valence-electron chi connectivity index (χ3n) is 2.55. The minimum atomic E-state index is 0.0597. The number of alkyl halides is 1. The zero-order valence-corrected chi connectivity index (χ0v) is 9.33. The van der Waals surface area contributed by atoms with Gasteiger partial charge in [-0.2, -0.15) is 5.10 Å². The molecule has 1 saturated heterocycles. The molecule has 0 spiro atoms. The number of halogens is 1. The molecule has 1 aromatic heterocycles. The second-order valence-electron chi connectivity index (χ2n) is 3.42. The SMILES string of the molecule is O=C(c1ccn[nH]1)N1CCCC1CBr. The summed E-state index contributed by atoms with van der Waals surface area (Å²) >= 11 is 3.43. The normalized spacial score (nSPS) is 21.5. The molecule has 1 unspecified atom stereocenters. The van der Waals surface area contributed by atoms with E-state index in [2.05, 4.69) is 26.1 Å². The highest BCUT2D eigenvalue weighted by atomic mass is 79.9. The Labute approximate surface area is 90.8 Å². The number of carbonyl (C=O) groups excluding carboxylic acids is 1. The zero-order valence-electron chi connectivity index (χ0n) is 7.74. The highest BCUT2D eigenvalue weighted by molar-refractivity contribution is 9.09. The van der Waals surface area contributed by atoms with Gasteiger partial charge in [-0.15, -0.1) is 0 Å². The summed E-state index contributed by atoms with van der Waals surface area (Å²) in [6.45, 7) is 0.855. The van der Waals surface area contributed by atoms with Crippen LogP contribution in [0.5, 0.6) is 0 Å². The lowest BCUT2D eigenvalue weighted by Gasteiger charge is -2.21. The van der Waals surface area contributed by atoms with Crippen LogP contribution in [0.1, 0.15) is 23.3 Å². The first-order valence-corrected chi connectivity index (χ1v) is 5.81. The van der Waals surface area contributed by atoms with Gasteiger partial charge in [-0.05, 0) is 18.9 Å². The molecular weight excluding hydrogens is 246 g/mol. The van der Waals surface area contributed by atoms with Gasteiger partial charge in [-0.1, -0.05) is 15.9 Å². The number of likely N-dealkylation sites (tertiary alicyclic amines) is 1. The number of rotatable bonds is 2. The number of hydrogen-bond donors (Lipinski definition) is 1. The van der Waals surface area contributed by atoms with E-state index in [9.17, 15) is 4.79 Å². The molecule has 1 aliphatic heterocycles. The van der Waals surface area contributed by atoms with Gasteiger partial charge in [0, 0.05) is 24.1 Å². The number of carbonyl (C=O) groups is 1. The smallest absolute Gasteiger partial charge is 0.272 e. The van der Waals surface area contributed by atoms with Crippen LogP contribution in [0.3, 0.4) is 0 Å². The van der Waals surface area contributed by atoms with Crippen molar-refractivity contribution in [1.82, 2.24) is 15.1 Å². The van der Waals surface area contributed by atoms with E-state index in [1.54, 1.807) is 12.3 Å². The number of amides is 1. The Morgan fingerprint density at radius 1 is 1.79 bits per heavy atom. The Morgan fingerprint density at radius 2 is 2.64 bits per heavy atom. The van der Waals surface area contributed by atoms with Gasteiger partial charge in [0.05, 0.1) is 0 Å². The van der Waals surface area contributed by atoms with Crippen LogP contribution in [0.2, 0.25) is 0 Å². The largest absolute Gasteiger partial charge is 0.334 e. The van der Waals surface area contributed by atoms with Crippen molar-refractivity contribution in [2.45, 2.75) is 18.9 Å². The Balaban J connectivity index is 2.11. The molecule has 4 nitrogen and oxygen atoms in total. The van der Waals surface area contributed by atoms with Crippen molar-refractivity contribution in [2.75, 3.05) is 11.9 Å². The van der Waals surface area contributed by atoms with Gasteiger partial charge in [-0.3, -0.25) is 9.89 Å². The predicted molar refractivity (Wildman–Crippen MR) is 56.4 cm³/mol. The predicted octanol–water partition coefficient (Wildman–Crippen LogP) is 1.41. The molecule has 0 aromatic carbocycles. The Bertz CT molecular complexity index is 312. The molecule has 1 aromatic rings. The molecule has 0 saturated carbocycles. The van der Waals surface area contributed by atoms with Crippen molar-refractivity contribution in [3.8, 4) is 0 Å². The van der Waals surface area contributed by atoms with Crippen molar-refractivity contribution >= 4 is 21.8 Å². The highest BCUT2D eigenvalue weighted by Gasteiger charge is 2.28. The Morgan fingerprint density at radius 3 is 3.29 bits per heavy atom. The average molecular weight is 258 g/mol. The molecule has 76 valence electrons. The van der Waals surface area contributed by atoms with Crippen LogP contribution in [0, 0.1) is 0 Å². The molecule has 14 heavy (non-hydrogen) atoms. The summed E-state index contributed by atoms with van der Waals surface area (Å²) in [7, 11) is 0. The molecule has 2 rings (SSSR count). The first-order chi connectivity index (χ1) is 6.83. The summed E-state index contributed by atoms with van der Waals surface area (Å²) in [5.41, 5.74) is 0.581. The van der Waals surface area contributed by atoms with Crippen LogP contribution >= 0.6 is 15.9 Å². The molecule has 0 aliphatic carbocycles. The van der Waals surface area contributed by atoms with E-state index in [-0.39, 0.29) is 5.91 Å². The van der Waals surface area contributed by atoms with E-state index in [1.165, 1.54) is 0 Å². The van der Waals surface area contributed by atoms with Crippen LogP contribution in [-0.2, 0) is 0 Å². The molecule has 1 amide bonds. The minimum Gasteiger partial charge on any atom is -0.334 e. The summed E-state index contributed by atoms with van der Waals surface area (Å²) in [6, 6.07) is 2.05. The van der Waals surface area contributed by atoms with Gasteiger partial charge in [0.2, 0.25) is 0 Å². The Hall–Kier alpha value is -0.840. The second-order valence-corrected chi connectivity index (χ2v) is 4.07. The van der Waals surface area contributed by atoms with Crippen molar-refractivity contribution < 1.29 is 4.79 Å². The van der Waals surface area contributed by atoms with Gasteiger partial charge in [0.25, 0.3) is 5.91 Å². The number of aromatic nitrogens is 2. The van der Waals surface area contributed by atoms with Gasteiger partial charge in [0.15, 0.2) is 0 Å². The molecule has 1 fully saturated rings. The fourth-order valence-electron chi connectivity index (χ4n) is 1.79. The number of aromatic amines is 1. The number of nitrogens with zero attached hydrogens (tertiary/aromatic N) is 2. The van der Waals surface area contributed by atoms with Gasteiger partial charge in [-0.25, -0.2) is 0 Å². The number of nitrogens with one attached hydrogen (secondary N) is 1. The third-order valence-corrected chi connectivity index (χ3v) is 3.29. The van der Waals surface area contributed by atoms with E-state index in [4.69, 9.17) is 0 Å². The third kappa shape index (κ3) is 1.68. The summed E-state index contributed by atoms with van der Waals surface area (Å²) in [5.74, 6) is 0.0597. The van der Waals surface area contributed by atoms with Gasteiger partial charge in [0.1, 0.15) is 5.69 Å². The lowest BCUT2D eigenvalue weighted by molar-refractivity contribution is 0.0744. The summed E-state index contributed by atoms with van der Waals surface area (Å²) in [4.78, 5) is 13.8. The second kappa shape index (κ2) is 4.13. The lowest BCUT2D eigenvalue weighted by atomic mass is 10.2. The number of hydrogen-bond acceptors (Lipinski definition) is 2. The molecule has 2 heterocycles. The first kappa shape index (κ1) is 9.71. The van der Waals surface area contributed by atoms with Crippen LogP contribution in [0.25, 0.3) is 0 Å². The van der Waals surface area contributed by atoms with E-state index in [0.29, 0.717) is 11.7 Å². The fourth-order valence-corrected chi connectivity index (χ4v) is 2.47. The van der Waals surface area contributed by atoms with E-state index in [1.807, 2.05) is 4.90 Å². The van der Waals surface area contributed by atoms with E-state index in [0.717, 1.165) is 24.7 Å². The number of H-pyrrole nitrogens is 1. The van der Waals surface area contributed by atoms with Crippen molar-refractivity contribution in [1.29, 1.82) is 0 Å². The first-order valence-electron chi connectivity index (χ1n) is 4.69. The molecule has 5 heteroatoms. The fraction of sp³-hybridized carbons (Fsp3) is 0.556. The van der Waals surface area contributed by atoms with Crippen LogP contribution < -0.4 is 0 Å². The zero-order chi connectivity index (χ0) is 9.97. The molecule has 1 aliphatic rings. The Kier molecular flexibility index (Phi) is 2.86. The quantitative estimate of drug-likeness (QED) is 0.815. The van der Waals surface area contributed by atoms with Gasteiger partial charge >= 0.3 is 0 Å². The summed E-state index contributed by atoms with van der Waals surface area (Å²) in [5, 5.41) is 7.34. The summed E-state index contributed by atoms with van der Waals surface area (Å²) < 4.78 is 0. The van der Waals surface area contributed by atoms with Crippen LogP contribution in [0.4, 0.5) is 0 Å². The van der Waals surface area contributed by atoms with Crippen molar-refractivity contribution in [3.05, 3.63) is 18.0 Å². The monoisotopic (exact) mass is 257 g/mol. The maximum atomic E-state index is 11.9. The van der Waals surface area contributed by atoms with Crippen LogP contribution in [-0.4, -0.2) is 38.9 Å². The average Bonchev–Trinajstić information content (AvgIpc) is 2.87. The highest BCUT2D eigenvalue weighted by Crippen LogP contribution is 2.20. The molecule has 1 N–H and O–H groups in total. The molecule has 0 bridgehead atoms. The maximum absolute atomic E-state index is 11.9. The minimum absolute atomic E-state index is 0.0597. The molecule has 0 radical (unpaired) electrons. The lowest BCUT2D eigenvalue weighted by Crippen LogP contribution is -2.36. The standard InChI is InChI=1S/C9H12BrN3O/c10-6-7-2-1-5-13(7)9(14)8-3-4-11-12-8/h3-4,7H,1-2,5-6H2,(H,11,12). The maximum Gasteiger partial charge on any atom is 0.272 e. The molecule has 1 atom stereocenters. The van der Waals surface area contributed by atoms with Crippen molar-refractivity contribution in [3.63, 3.8) is 0 Å². The van der Waals surface area contributed by atoms with Crippen LogP contribution in [0.15, 0.2) is 12.3 Å². The summed E-state index contributed by atoms with van der Waals surface area (Å²) in [6.07, 6.45) is 3.79. The van der Waals surface area contributed by atoms with Gasteiger partial charge < -0.3 is 4.90 Å².